The van der Waals surface area contributed by atoms with E-state index in [4.69, 9.17) is 5.73 Å². The molecule has 0 amide bonds. The number of piperidine rings is 1. The van der Waals surface area contributed by atoms with Crippen molar-refractivity contribution in [3.8, 4) is 0 Å². The summed E-state index contributed by atoms with van der Waals surface area (Å²) in [5.74, 6) is 3.28. The van der Waals surface area contributed by atoms with E-state index in [2.05, 4.69) is 30.8 Å². The van der Waals surface area contributed by atoms with E-state index in [1.54, 1.807) is 6.33 Å². The molecule has 0 spiro atoms. The zero-order chi connectivity index (χ0) is 12.5. The molecule has 4 nitrogen and oxygen atoms in total. The Hall–Kier alpha value is -0.840. The highest BCUT2D eigenvalue weighted by Crippen LogP contribution is 2.38. The summed E-state index contributed by atoms with van der Waals surface area (Å²) in [6.45, 7) is 2.22. The van der Waals surface area contributed by atoms with Crippen molar-refractivity contribution in [3.05, 3.63) is 10.8 Å². The topological polar surface area (TPSA) is 55.0 Å². The Labute approximate surface area is 116 Å². The van der Waals surface area contributed by atoms with Gasteiger partial charge in [0.1, 0.15) is 22.4 Å². The molecule has 1 aliphatic carbocycles. The number of anilines is 2. The van der Waals surface area contributed by atoms with Crippen LogP contribution in [0.3, 0.4) is 0 Å². The van der Waals surface area contributed by atoms with Crippen LogP contribution in [0, 0.1) is 11.8 Å². The minimum Gasteiger partial charge on any atom is -0.383 e. The van der Waals surface area contributed by atoms with Crippen molar-refractivity contribution in [1.82, 2.24) is 9.97 Å². The zero-order valence-corrected chi connectivity index (χ0v) is 12.1. The fourth-order valence-corrected chi connectivity index (χ4v) is 3.84. The quantitative estimate of drug-likeness (QED) is 0.866. The molecule has 1 saturated heterocycles. The van der Waals surface area contributed by atoms with E-state index in [0.717, 1.165) is 35.2 Å². The van der Waals surface area contributed by atoms with Crippen LogP contribution in [0.4, 0.5) is 11.6 Å². The van der Waals surface area contributed by atoms with Gasteiger partial charge in [-0.1, -0.05) is 19.3 Å². The van der Waals surface area contributed by atoms with Crippen molar-refractivity contribution in [2.75, 3.05) is 23.7 Å². The third-order valence-electron chi connectivity index (χ3n) is 4.39. The SMILES string of the molecule is Nc1ncnc(N2CCC3CCCCC3C2)c1Br. The monoisotopic (exact) mass is 310 g/mol. The summed E-state index contributed by atoms with van der Waals surface area (Å²) in [6.07, 6.45) is 8.46. The van der Waals surface area contributed by atoms with Gasteiger partial charge in [-0.3, -0.25) is 0 Å². The smallest absolute Gasteiger partial charge is 0.148 e. The minimum atomic E-state index is 0.533. The second-order valence-corrected chi connectivity index (χ2v) is 6.23. The molecule has 2 aliphatic rings. The number of nitrogen functional groups attached to an aromatic ring is 1. The molecule has 98 valence electrons. The lowest BCUT2D eigenvalue weighted by Crippen LogP contribution is -2.42. The normalized spacial score (nSPS) is 27.9. The maximum Gasteiger partial charge on any atom is 0.148 e. The van der Waals surface area contributed by atoms with Crippen LogP contribution in [0.15, 0.2) is 10.8 Å². The fraction of sp³-hybridized carbons (Fsp3) is 0.692. The van der Waals surface area contributed by atoms with Gasteiger partial charge in [0.05, 0.1) is 0 Å². The summed E-state index contributed by atoms with van der Waals surface area (Å²) in [4.78, 5) is 10.8. The number of rotatable bonds is 1. The predicted molar refractivity (Wildman–Crippen MR) is 76.4 cm³/mol. The lowest BCUT2D eigenvalue weighted by atomic mass is 9.75. The molecule has 2 unspecified atom stereocenters. The summed E-state index contributed by atoms with van der Waals surface area (Å²) in [5.41, 5.74) is 5.83. The number of nitrogens with two attached hydrogens (primary N) is 1. The Morgan fingerprint density at radius 2 is 1.94 bits per heavy atom. The van der Waals surface area contributed by atoms with Gasteiger partial charge in [0.25, 0.3) is 0 Å². The first-order chi connectivity index (χ1) is 8.75. The average Bonchev–Trinajstić information content (AvgIpc) is 2.41. The molecule has 5 heteroatoms. The Kier molecular flexibility index (Phi) is 3.41. The number of aromatic nitrogens is 2. The van der Waals surface area contributed by atoms with Crippen molar-refractivity contribution in [2.24, 2.45) is 11.8 Å². The van der Waals surface area contributed by atoms with E-state index in [0.29, 0.717) is 5.82 Å². The van der Waals surface area contributed by atoms with Crippen molar-refractivity contribution in [2.45, 2.75) is 32.1 Å². The maximum absolute atomic E-state index is 5.83. The first kappa shape index (κ1) is 12.2. The van der Waals surface area contributed by atoms with Gasteiger partial charge < -0.3 is 10.6 Å². The summed E-state index contributed by atoms with van der Waals surface area (Å²) in [5, 5.41) is 0. The van der Waals surface area contributed by atoms with Gasteiger partial charge in [-0.25, -0.2) is 9.97 Å². The molecule has 2 atom stereocenters. The Morgan fingerprint density at radius 3 is 2.78 bits per heavy atom. The molecule has 1 aromatic rings. The van der Waals surface area contributed by atoms with Crippen LogP contribution in [-0.4, -0.2) is 23.1 Å². The van der Waals surface area contributed by atoms with E-state index in [1.165, 1.54) is 32.1 Å². The molecule has 0 radical (unpaired) electrons. The first-order valence-electron chi connectivity index (χ1n) is 6.76. The zero-order valence-electron chi connectivity index (χ0n) is 10.5. The Bertz CT molecular complexity index is 437. The van der Waals surface area contributed by atoms with Gasteiger partial charge in [0, 0.05) is 13.1 Å². The van der Waals surface area contributed by atoms with Crippen LogP contribution in [-0.2, 0) is 0 Å². The third kappa shape index (κ3) is 2.20. The highest BCUT2D eigenvalue weighted by Gasteiger charge is 2.32. The molecular formula is C13H19BrN4. The van der Waals surface area contributed by atoms with Crippen LogP contribution >= 0.6 is 15.9 Å². The van der Waals surface area contributed by atoms with E-state index in [-0.39, 0.29) is 0 Å². The molecule has 1 aromatic heterocycles. The number of hydrogen-bond acceptors (Lipinski definition) is 4. The first-order valence-corrected chi connectivity index (χ1v) is 7.56. The predicted octanol–water partition coefficient (Wildman–Crippen LogP) is 2.84. The van der Waals surface area contributed by atoms with Gasteiger partial charge in [0.15, 0.2) is 0 Å². The van der Waals surface area contributed by atoms with Gasteiger partial charge in [-0.15, -0.1) is 0 Å². The van der Waals surface area contributed by atoms with Crippen LogP contribution in [0.25, 0.3) is 0 Å². The van der Waals surface area contributed by atoms with Crippen LogP contribution < -0.4 is 10.6 Å². The summed E-state index contributed by atoms with van der Waals surface area (Å²) in [7, 11) is 0. The van der Waals surface area contributed by atoms with Crippen LogP contribution in [0.1, 0.15) is 32.1 Å². The maximum atomic E-state index is 5.83. The molecule has 2 heterocycles. The average molecular weight is 311 g/mol. The second kappa shape index (κ2) is 5.03. The summed E-state index contributed by atoms with van der Waals surface area (Å²) in [6, 6.07) is 0. The van der Waals surface area contributed by atoms with Crippen LogP contribution in [0.5, 0.6) is 0 Å². The molecule has 3 rings (SSSR count). The van der Waals surface area contributed by atoms with E-state index in [1.807, 2.05) is 0 Å². The van der Waals surface area contributed by atoms with E-state index < -0.39 is 0 Å². The van der Waals surface area contributed by atoms with Crippen molar-refractivity contribution in [3.63, 3.8) is 0 Å². The lowest BCUT2D eigenvalue weighted by Gasteiger charge is -2.42. The van der Waals surface area contributed by atoms with Crippen molar-refractivity contribution in [1.29, 1.82) is 0 Å². The highest BCUT2D eigenvalue weighted by atomic mass is 79.9. The standard InChI is InChI=1S/C13H19BrN4/c14-11-12(15)16-8-17-13(11)18-6-5-9-3-1-2-4-10(9)7-18/h8-10H,1-7H2,(H2,15,16,17). The third-order valence-corrected chi connectivity index (χ3v) is 5.15. The number of halogens is 1. The molecule has 1 aliphatic heterocycles. The molecule has 1 saturated carbocycles. The Balaban J connectivity index is 1.79. The van der Waals surface area contributed by atoms with Gasteiger partial charge in [-0.05, 0) is 40.6 Å². The number of nitrogens with zero attached hydrogens (tertiary/aromatic N) is 3. The van der Waals surface area contributed by atoms with Gasteiger partial charge in [-0.2, -0.15) is 0 Å². The second-order valence-electron chi connectivity index (χ2n) is 5.44. The van der Waals surface area contributed by atoms with E-state index >= 15 is 0 Å². The molecule has 2 fully saturated rings. The Morgan fingerprint density at radius 1 is 1.17 bits per heavy atom. The molecule has 2 N–H and O–H groups in total. The minimum absolute atomic E-state index is 0.533. The largest absolute Gasteiger partial charge is 0.383 e. The fourth-order valence-electron chi connectivity index (χ4n) is 3.39. The summed E-state index contributed by atoms with van der Waals surface area (Å²) < 4.78 is 0.847. The number of hydrogen-bond donors (Lipinski definition) is 1. The van der Waals surface area contributed by atoms with Gasteiger partial charge >= 0.3 is 0 Å². The van der Waals surface area contributed by atoms with Gasteiger partial charge in [0.2, 0.25) is 0 Å². The molecule has 18 heavy (non-hydrogen) atoms. The highest BCUT2D eigenvalue weighted by molar-refractivity contribution is 9.10. The molecule has 0 bridgehead atoms. The van der Waals surface area contributed by atoms with E-state index in [9.17, 15) is 0 Å². The van der Waals surface area contributed by atoms with Crippen LogP contribution in [0.2, 0.25) is 0 Å². The summed E-state index contributed by atoms with van der Waals surface area (Å²) >= 11 is 3.51. The molecular weight excluding hydrogens is 292 g/mol. The number of fused-ring (bicyclic) bond motifs is 1. The lowest BCUT2D eigenvalue weighted by molar-refractivity contribution is 0.202. The molecule has 0 aromatic carbocycles. The van der Waals surface area contributed by atoms with Crippen molar-refractivity contribution >= 4 is 27.6 Å². The van der Waals surface area contributed by atoms with Crippen molar-refractivity contribution < 1.29 is 0 Å².